The zero-order valence-electron chi connectivity index (χ0n) is 12.0. The highest BCUT2D eigenvalue weighted by atomic mass is 32.1. The Morgan fingerprint density at radius 2 is 2.14 bits per heavy atom. The van der Waals surface area contributed by atoms with Crippen LogP contribution in [0.25, 0.3) is 10.9 Å². The van der Waals surface area contributed by atoms with Crippen molar-refractivity contribution in [3.8, 4) is 0 Å². The van der Waals surface area contributed by atoms with Crippen LogP contribution in [0.2, 0.25) is 0 Å². The Hall–Kier alpha value is -1.72. The maximum atomic E-state index is 9.39. The normalized spacial score (nSPS) is 21.0. The number of benzene rings is 1. The number of aromatic nitrogens is 1. The lowest BCUT2D eigenvalue weighted by atomic mass is 9.82. The van der Waals surface area contributed by atoms with E-state index in [2.05, 4.69) is 4.90 Å². The summed E-state index contributed by atoms with van der Waals surface area (Å²) in [6.07, 6.45) is 1.63. The maximum absolute atomic E-state index is 9.39. The molecular weight excluding hydrogens is 282 g/mol. The summed E-state index contributed by atoms with van der Waals surface area (Å²) in [7, 11) is 2.02. The summed E-state index contributed by atoms with van der Waals surface area (Å²) >= 11 is 5.17. The van der Waals surface area contributed by atoms with Crippen molar-refractivity contribution in [3.05, 3.63) is 35.9 Å². The summed E-state index contributed by atoms with van der Waals surface area (Å²) in [5.41, 5.74) is 7.63. The number of nitrogens with two attached hydrogens (primary N) is 1. The first-order valence-corrected chi connectivity index (χ1v) is 7.54. The molecule has 21 heavy (non-hydrogen) atoms. The van der Waals surface area contributed by atoms with E-state index in [-0.39, 0.29) is 6.10 Å². The molecule has 3 rings (SSSR count). The Balaban J connectivity index is 1.93. The Labute approximate surface area is 129 Å². The van der Waals surface area contributed by atoms with Gasteiger partial charge in [-0.05, 0) is 30.9 Å². The number of thiocarbonyl (C=S) groups is 1. The lowest BCUT2D eigenvalue weighted by Crippen LogP contribution is -2.37. The smallest absolute Gasteiger partial charge is 0.129 e. The number of anilines is 1. The van der Waals surface area contributed by atoms with Gasteiger partial charge in [-0.1, -0.05) is 30.4 Å². The molecule has 0 saturated heterocycles. The molecular formula is C16H19N3OS. The predicted molar refractivity (Wildman–Crippen MR) is 89.6 cm³/mol. The van der Waals surface area contributed by atoms with Crippen LogP contribution in [0.3, 0.4) is 0 Å². The molecule has 1 aliphatic carbocycles. The second-order valence-electron chi connectivity index (χ2n) is 5.78. The van der Waals surface area contributed by atoms with Crippen LogP contribution >= 0.6 is 12.2 Å². The van der Waals surface area contributed by atoms with E-state index in [0.29, 0.717) is 10.9 Å². The van der Waals surface area contributed by atoms with Crippen LogP contribution in [0.4, 0.5) is 5.82 Å². The number of pyridine rings is 1. The summed E-state index contributed by atoms with van der Waals surface area (Å²) in [6.45, 7) is 0.888. The lowest BCUT2D eigenvalue weighted by Gasteiger charge is -2.35. The lowest BCUT2D eigenvalue weighted by molar-refractivity contribution is 0.0464. The van der Waals surface area contributed by atoms with Crippen LogP contribution in [0.1, 0.15) is 18.4 Å². The number of aliphatic hydroxyl groups excluding tert-OH is 1. The molecule has 0 unspecified atom stereocenters. The number of fused-ring (bicyclic) bond motifs is 1. The molecule has 4 nitrogen and oxygen atoms in total. The molecule has 1 aromatic carbocycles. The van der Waals surface area contributed by atoms with E-state index in [1.54, 1.807) is 0 Å². The Kier molecular flexibility index (Phi) is 3.78. The fourth-order valence-corrected chi connectivity index (χ4v) is 3.06. The van der Waals surface area contributed by atoms with Gasteiger partial charge in [-0.2, -0.15) is 0 Å². The summed E-state index contributed by atoms with van der Waals surface area (Å²) in [6, 6.07) is 9.85. The number of para-hydroxylation sites is 1. The quantitative estimate of drug-likeness (QED) is 0.847. The number of aliphatic hydroxyl groups is 1. The molecule has 1 fully saturated rings. The minimum atomic E-state index is -0.125. The van der Waals surface area contributed by atoms with Gasteiger partial charge in [0, 0.05) is 24.5 Å². The van der Waals surface area contributed by atoms with Gasteiger partial charge >= 0.3 is 0 Å². The monoisotopic (exact) mass is 301 g/mol. The highest BCUT2D eigenvalue weighted by Crippen LogP contribution is 2.29. The Morgan fingerprint density at radius 3 is 2.81 bits per heavy atom. The van der Waals surface area contributed by atoms with E-state index in [1.807, 2.05) is 37.4 Å². The van der Waals surface area contributed by atoms with Gasteiger partial charge < -0.3 is 15.7 Å². The molecule has 0 bridgehead atoms. The summed E-state index contributed by atoms with van der Waals surface area (Å²) in [5.74, 6) is 1.41. The predicted octanol–water partition coefficient (Wildman–Crippen LogP) is 2.08. The molecule has 0 amide bonds. The molecule has 5 heteroatoms. The van der Waals surface area contributed by atoms with Gasteiger partial charge in [0.1, 0.15) is 10.8 Å². The van der Waals surface area contributed by atoms with Crippen molar-refractivity contribution in [1.29, 1.82) is 0 Å². The number of hydrogen-bond acceptors (Lipinski definition) is 4. The highest BCUT2D eigenvalue weighted by Gasteiger charge is 2.28. The van der Waals surface area contributed by atoms with Crippen LogP contribution in [0, 0.1) is 5.92 Å². The molecule has 0 atom stereocenters. The molecule has 0 aliphatic heterocycles. The van der Waals surface area contributed by atoms with Gasteiger partial charge in [-0.3, -0.25) is 0 Å². The van der Waals surface area contributed by atoms with Crippen molar-refractivity contribution < 1.29 is 5.11 Å². The van der Waals surface area contributed by atoms with E-state index in [4.69, 9.17) is 22.9 Å². The van der Waals surface area contributed by atoms with Crippen LogP contribution < -0.4 is 10.6 Å². The average Bonchev–Trinajstić information content (AvgIpc) is 2.44. The molecule has 1 aliphatic rings. The second-order valence-corrected chi connectivity index (χ2v) is 6.22. The van der Waals surface area contributed by atoms with Gasteiger partial charge in [0.2, 0.25) is 0 Å². The average molecular weight is 301 g/mol. The van der Waals surface area contributed by atoms with Gasteiger partial charge in [-0.25, -0.2) is 4.98 Å². The topological polar surface area (TPSA) is 62.4 Å². The molecule has 0 spiro atoms. The largest absolute Gasteiger partial charge is 0.393 e. The Bertz CT molecular complexity index is 682. The zero-order chi connectivity index (χ0) is 15.0. The van der Waals surface area contributed by atoms with Crippen LogP contribution in [-0.4, -0.2) is 34.8 Å². The van der Waals surface area contributed by atoms with Gasteiger partial charge in [-0.15, -0.1) is 0 Å². The highest BCUT2D eigenvalue weighted by molar-refractivity contribution is 7.80. The summed E-state index contributed by atoms with van der Waals surface area (Å²) in [5, 5.41) is 10.4. The number of rotatable bonds is 4. The Morgan fingerprint density at radius 1 is 1.43 bits per heavy atom. The van der Waals surface area contributed by atoms with E-state index in [1.165, 1.54) is 0 Å². The molecule has 1 aromatic heterocycles. The van der Waals surface area contributed by atoms with Crippen LogP contribution in [0.15, 0.2) is 30.3 Å². The van der Waals surface area contributed by atoms with E-state index < -0.39 is 0 Å². The standard InChI is InChI=1S/C16H19N3OS/c1-19(9-10-6-11(20)7-10)15-8-13(16(17)21)12-4-2-3-5-14(12)18-15/h2-5,8,10-11,20H,6-7,9H2,1H3,(H2,17,21). The van der Waals surface area contributed by atoms with Crippen molar-refractivity contribution in [2.45, 2.75) is 18.9 Å². The minimum absolute atomic E-state index is 0.125. The summed E-state index contributed by atoms with van der Waals surface area (Å²) < 4.78 is 0. The fraction of sp³-hybridized carbons (Fsp3) is 0.375. The van der Waals surface area contributed by atoms with Crippen molar-refractivity contribution in [3.63, 3.8) is 0 Å². The SMILES string of the molecule is CN(CC1CC(O)C1)c1cc(C(N)=S)c2ccccc2n1. The van der Waals surface area contributed by atoms with Gasteiger partial charge in [0.25, 0.3) is 0 Å². The fourth-order valence-electron chi connectivity index (χ4n) is 2.89. The maximum Gasteiger partial charge on any atom is 0.129 e. The molecule has 1 heterocycles. The van der Waals surface area contributed by atoms with Crippen LogP contribution in [0.5, 0.6) is 0 Å². The first kappa shape index (κ1) is 14.2. The second kappa shape index (κ2) is 5.58. The molecule has 110 valence electrons. The number of hydrogen-bond donors (Lipinski definition) is 2. The molecule has 0 radical (unpaired) electrons. The van der Waals surface area contributed by atoms with Gasteiger partial charge in [0.05, 0.1) is 11.6 Å². The van der Waals surface area contributed by atoms with E-state index in [0.717, 1.165) is 41.7 Å². The van der Waals surface area contributed by atoms with Crippen LogP contribution in [-0.2, 0) is 0 Å². The molecule has 2 aromatic rings. The van der Waals surface area contributed by atoms with Crippen molar-refractivity contribution in [1.82, 2.24) is 4.98 Å². The number of nitrogens with zero attached hydrogens (tertiary/aromatic N) is 2. The third kappa shape index (κ3) is 2.84. The first-order valence-electron chi connectivity index (χ1n) is 7.13. The van der Waals surface area contributed by atoms with Gasteiger partial charge in [0.15, 0.2) is 0 Å². The van der Waals surface area contributed by atoms with Crippen molar-refractivity contribution in [2.24, 2.45) is 11.7 Å². The molecule has 3 N–H and O–H groups in total. The first-order chi connectivity index (χ1) is 10.0. The third-order valence-corrected chi connectivity index (χ3v) is 4.32. The third-order valence-electron chi connectivity index (χ3n) is 4.10. The zero-order valence-corrected chi connectivity index (χ0v) is 12.8. The van der Waals surface area contributed by atoms with Crippen molar-refractivity contribution >= 4 is 33.9 Å². The summed E-state index contributed by atoms with van der Waals surface area (Å²) in [4.78, 5) is 7.20. The van der Waals surface area contributed by atoms with Crippen molar-refractivity contribution in [2.75, 3.05) is 18.5 Å². The minimum Gasteiger partial charge on any atom is -0.393 e. The molecule has 1 saturated carbocycles. The van der Waals surface area contributed by atoms with E-state index >= 15 is 0 Å². The van der Waals surface area contributed by atoms with E-state index in [9.17, 15) is 5.11 Å².